The van der Waals surface area contributed by atoms with Crippen molar-refractivity contribution >= 4 is 51.9 Å². The van der Waals surface area contributed by atoms with Crippen LogP contribution in [0.4, 0.5) is 0 Å². The van der Waals surface area contributed by atoms with Gasteiger partial charge in [0.2, 0.25) is 12.4 Å². The van der Waals surface area contributed by atoms with E-state index in [2.05, 4.69) is 77.7 Å². The average Bonchev–Trinajstić information content (AvgIpc) is 1.55. The molecule has 0 aliphatic carbocycles. The summed E-state index contributed by atoms with van der Waals surface area (Å²) in [6.07, 6.45) is 7.74. The molecule has 19 nitrogen and oxygen atoms in total. The van der Waals surface area contributed by atoms with Crippen LogP contribution in [0.5, 0.6) is 69.0 Å². The number of benzene rings is 8. The normalized spacial score (nSPS) is 20.0. The first-order valence-electron chi connectivity index (χ1n) is 41.5. The summed E-state index contributed by atoms with van der Waals surface area (Å²) in [5, 5.41) is 31.9. The molecule has 16 heterocycles. The summed E-state index contributed by atoms with van der Waals surface area (Å²) in [5.74, 6) is 9.09. The predicted molar refractivity (Wildman–Crippen MR) is 451 cm³/mol. The van der Waals surface area contributed by atoms with Gasteiger partial charge in [0.1, 0.15) is 135 Å². The van der Waals surface area contributed by atoms with Gasteiger partial charge in [0.15, 0.2) is 12.4 Å². The molecule has 4 spiro atoms. The monoisotopic (exact) mass is 1550 g/mol. The molecule has 3 aromatic heterocycles. The summed E-state index contributed by atoms with van der Waals surface area (Å²) in [7, 11) is -4.49. The number of nitrogens with one attached hydrogen (secondary N) is 4. The van der Waals surface area contributed by atoms with Gasteiger partial charge in [-0.2, -0.15) is 0 Å². The number of nitrogens with zero attached hydrogens (tertiary/aromatic N) is 6. The Morgan fingerprint density at radius 1 is 0.324 bits per heavy atom. The summed E-state index contributed by atoms with van der Waals surface area (Å²) < 4.78 is 76.0. The van der Waals surface area contributed by atoms with E-state index in [9.17, 15) is 0 Å². The summed E-state index contributed by atoms with van der Waals surface area (Å²) in [6.45, 7) is 57.2. The van der Waals surface area contributed by atoms with E-state index in [1.54, 1.807) is 6.20 Å². The molecular formula is C90H120N10O9P2+4. The SMILES string of the molecule is CC.CC.CC.CC.CC.CC.CC.CC.CC.CC.CC.CC.CC.CC.O=P12c3c4ccc5c3C3(NCOc6cccc(c63)O5)[n+]3ccn[n+](c31)C13NCOc5cccc(c51)Oc1ccc-4c2c13.c1cc2c3c(c1)Oc1ccc4c5ccc6c7c5p5c4c1C3(NCO2)[n+]1ccn[n+](c1-5)C71NCOc2cccc(c21)O6. The number of hydrogen-bond donors (Lipinski definition) is 4. The van der Waals surface area contributed by atoms with E-state index in [4.69, 9.17) is 48.1 Å². The van der Waals surface area contributed by atoms with E-state index >= 15 is 4.57 Å². The van der Waals surface area contributed by atoms with Crippen LogP contribution in [0.2, 0.25) is 0 Å². The van der Waals surface area contributed by atoms with Crippen molar-refractivity contribution in [3.63, 3.8) is 0 Å². The Morgan fingerprint density at radius 3 is 0.991 bits per heavy atom. The lowest BCUT2D eigenvalue weighted by molar-refractivity contribution is -0.881. The first kappa shape index (κ1) is 85.5. The molecule has 0 saturated heterocycles. The van der Waals surface area contributed by atoms with Gasteiger partial charge in [-0.15, -0.1) is 9.13 Å². The molecule has 21 heteroatoms. The first-order chi connectivity index (χ1) is 55.0. The molecule has 0 saturated carbocycles. The van der Waals surface area contributed by atoms with E-state index in [0.717, 1.165) is 106 Å². The van der Waals surface area contributed by atoms with Crippen LogP contribution in [-0.2, 0) is 27.2 Å². The highest BCUT2D eigenvalue weighted by Crippen LogP contribution is 2.70. The highest BCUT2D eigenvalue weighted by Gasteiger charge is 2.78. The third-order valence-corrected chi connectivity index (χ3v) is 25.4. The Labute approximate surface area is 660 Å². The zero-order chi connectivity index (χ0) is 81.4. The fourth-order valence-electron chi connectivity index (χ4n) is 17.0. The lowest BCUT2D eigenvalue weighted by Crippen LogP contribution is -2.89. The second-order valence-corrected chi connectivity index (χ2v) is 27.2. The maximum atomic E-state index is 16.3. The van der Waals surface area contributed by atoms with Crippen LogP contribution in [0.3, 0.4) is 0 Å². The van der Waals surface area contributed by atoms with Crippen molar-refractivity contribution in [1.29, 1.82) is 0 Å². The molecule has 6 atom stereocenters. The molecule has 11 aromatic rings. The van der Waals surface area contributed by atoms with Crippen molar-refractivity contribution in [2.24, 2.45) is 0 Å². The smallest absolute Gasteiger partial charge is 0.477 e. The number of rotatable bonds is 0. The van der Waals surface area contributed by atoms with Crippen molar-refractivity contribution in [2.45, 2.75) is 217 Å². The fourth-order valence-corrected chi connectivity index (χ4v) is 24.1. The molecule has 0 amide bonds. The Hall–Kier alpha value is -9.45. The summed E-state index contributed by atoms with van der Waals surface area (Å²) in [5.41, 5.74) is 7.80. The maximum Gasteiger partial charge on any atom is 0.510 e. The van der Waals surface area contributed by atoms with Crippen LogP contribution in [0.1, 0.15) is 238 Å². The zero-order valence-corrected chi connectivity index (χ0v) is 72.7. The number of ether oxygens (including phenoxy) is 8. The predicted octanol–water partition coefficient (Wildman–Crippen LogP) is 20.0. The van der Waals surface area contributed by atoms with E-state index in [1.807, 2.05) is 296 Å². The molecule has 590 valence electrons. The largest absolute Gasteiger partial charge is 0.510 e. The Kier molecular flexibility index (Phi) is 27.4. The molecular weight excluding hydrogens is 1430 g/mol. The van der Waals surface area contributed by atoms with Gasteiger partial charge in [0.25, 0.3) is 11.3 Å². The van der Waals surface area contributed by atoms with Crippen LogP contribution in [0.15, 0.2) is 146 Å². The van der Waals surface area contributed by atoms with Gasteiger partial charge in [0, 0.05) is 29.8 Å². The van der Waals surface area contributed by atoms with Crippen LogP contribution in [-0.4, -0.2) is 37.1 Å². The van der Waals surface area contributed by atoms with E-state index < -0.39 is 37.3 Å². The van der Waals surface area contributed by atoms with Gasteiger partial charge in [0.05, 0.1) is 23.7 Å². The maximum absolute atomic E-state index is 16.3. The van der Waals surface area contributed by atoms with Crippen molar-refractivity contribution < 1.29 is 61.0 Å². The van der Waals surface area contributed by atoms with E-state index in [1.165, 1.54) is 26.6 Å². The van der Waals surface area contributed by atoms with Gasteiger partial charge in [-0.25, -0.2) is 21.3 Å². The Morgan fingerprint density at radius 2 is 0.604 bits per heavy atom. The second-order valence-electron chi connectivity index (χ2n) is 22.7. The van der Waals surface area contributed by atoms with Crippen molar-refractivity contribution in [1.82, 2.24) is 31.5 Å². The Bertz CT molecular complexity index is 4950. The molecule has 0 fully saturated rings. The molecule has 24 rings (SSSR count). The lowest BCUT2D eigenvalue weighted by Gasteiger charge is -2.45. The van der Waals surface area contributed by atoms with Crippen molar-refractivity contribution in [3.8, 4) is 85.7 Å². The highest BCUT2D eigenvalue weighted by molar-refractivity contribution is 7.86. The summed E-state index contributed by atoms with van der Waals surface area (Å²) >= 11 is 0. The zero-order valence-electron chi connectivity index (χ0n) is 70.9. The number of aromatic nitrogens is 6. The Balaban J connectivity index is 0.000000195. The van der Waals surface area contributed by atoms with Crippen LogP contribution in [0.25, 0.3) is 37.7 Å². The number of fused-ring (bicyclic) bond motifs is 2. The molecule has 0 bridgehead atoms. The molecule has 6 unspecified atom stereocenters. The quantitative estimate of drug-likeness (QED) is 0.0831. The fraction of sp³-hybridized carbons (Fsp3) is 0.400. The summed E-state index contributed by atoms with van der Waals surface area (Å²) in [4.78, 5) is 0. The standard InChI is InChI=1S/C31H18N5O5P.C31H18N5O4P.14C2H6/c37-42-27-15-7-9-21-25(27)30(23-17(38-13-32-30)3-1-5-19(23)40-21)35-12-11-34-36(29(35)42)31-24-18(39-14-33-31)4-2-6-20(24)41-22-10-8-16(15)28(42)26(22)31;1-3-17-23-19(5-1)39-21-9-7-15-16-8-10-22-26-28(16)41-27(15)25(21)30(23,32-13-37-17)35-12-11-34-36(29(35)41)31(26)24-18(38-14-33-31)4-2-6-20(24)40-22;14*1-2/h1-12,32-33H,13-14H2;1-12,32-33H,13-14H2;14*1-2H3/q2*+2;;;;;;;;;;;;;;. The molecule has 13 aliphatic heterocycles. The van der Waals surface area contributed by atoms with Crippen LogP contribution < -0.4 is 93.8 Å². The second kappa shape index (κ2) is 35.5. The molecule has 111 heavy (non-hydrogen) atoms. The van der Waals surface area contributed by atoms with Gasteiger partial charge in [-0.05, 0) is 119 Å². The average molecular weight is 1550 g/mol. The van der Waals surface area contributed by atoms with Crippen molar-refractivity contribution in [3.05, 3.63) is 191 Å². The van der Waals surface area contributed by atoms with Gasteiger partial charge < -0.3 is 37.9 Å². The lowest BCUT2D eigenvalue weighted by atomic mass is 9.83. The minimum Gasteiger partial charge on any atom is -0.477 e. The van der Waals surface area contributed by atoms with Gasteiger partial charge >= 0.3 is 29.6 Å². The minimum absolute atomic E-state index is 0.243. The molecule has 13 aliphatic rings. The van der Waals surface area contributed by atoms with Crippen LogP contribution >= 0.6 is 14.7 Å². The molecule has 0 radical (unpaired) electrons. The van der Waals surface area contributed by atoms with Gasteiger partial charge in [-0.1, -0.05) is 218 Å². The number of hydrogen-bond acceptors (Lipinski definition) is 15. The van der Waals surface area contributed by atoms with E-state index in [0.29, 0.717) is 47.8 Å². The van der Waals surface area contributed by atoms with E-state index in [-0.39, 0.29) is 13.5 Å². The van der Waals surface area contributed by atoms with Crippen LogP contribution in [0, 0.1) is 0 Å². The topological polar surface area (TPSA) is 180 Å². The van der Waals surface area contributed by atoms with Gasteiger partial charge in [-0.3, -0.25) is 4.57 Å². The minimum atomic E-state index is -3.50. The summed E-state index contributed by atoms with van der Waals surface area (Å²) in [6, 6.07) is 40.6. The first-order valence-corrected chi connectivity index (χ1v) is 44.6. The highest BCUT2D eigenvalue weighted by atomic mass is 31.2. The third kappa shape index (κ3) is 11.1. The molecule has 8 aromatic carbocycles. The molecule has 4 N–H and O–H groups in total. The third-order valence-electron chi connectivity index (χ3n) is 19.6. The van der Waals surface area contributed by atoms with Crippen molar-refractivity contribution in [2.75, 3.05) is 26.9 Å².